The van der Waals surface area contributed by atoms with Crippen molar-refractivity contribution in [3.05, 3.63) is 12.4 Å². The summed E-state index contributed by atoms with van der Waals surface area (Å²) in [7, 11) is 0. The maximum absolute atomic E-state index is 11.7. The van der Waals surface area contributed by atoms with Crippen molar-refractivity contribution < 1.29 is 9.53 Å². The summed E-state index contributed by atoms with van der Waals surface area (Å²) in [6.45, 7) is 6.95. The molecular weight excluding hydrogens is 268 g/mol. The number of ether oxygens (including phenoxy) is 1. The SMILES string of the molecule is CCCCn1ccnc1NC1CCN(C(=O)OCC)CC1. The van der Waals surface area contributed by atoms with Crippen LogP contribution in [0.1, 0.15) is 39.5 Å². The van der Waals surface area contributed by atoms with E-state index in [4.69, 9.17) is 4.74 Å². The van der Waals surface area contributed by atoms with Gasteiger partial charge in [0.05, 0.1) is 6.61 Å². The molecule has 0 radical (unpaired) electrons. The Kier molecular flexibility index (Phi) is 5.90. The van der Waals surface area contributed by atoms with Crippen LogP contribution in [-0.4, -0.2) is 46.3 Å². The van der Waals surface area contributed by atoms with E-state index in [-0.39, 0.29) is 6.09 Å². The molecule has 1 aromatic rings. The van der Waals surface area contributed by atoms with Crippen LogP contribution in [-0.2, 0) is 11.3 Å². The molecule has 1 aromatic heterocycles. The molecule has 1 aliphatic rings. The number of rotatable bonds is 6. The molecule has 0 saturated carbocycles. The number of hydrogen-bond donors (Lipinski definition) is 1. The van der Waals surface area contributed by atoms with Crippen LogP contribution in [0.15, 0.2) is 12.4 Å². The summed E-state index contributed by atoms with van der Waals surface area (Å²) in [6.07, 6.45) is 7.86. The molecule has 1 amide bonds. The molecule has 1 N–H and O–H groups in total. The molecule has 0 aromatic carbocycles. The quantitative estimate of drug-likeness (QED) is 0.876. The van der Waals surface area contributed by atoms with Gasteiger partial charge in [-0.1, -0.05) is 13.3 Å². The minimum absolute atomic E-state index is 0.194. The zero-order valence-electron chi connectivity index (χ0n) is 13.0. The number of aromatic nitrogens is 2. The number of likely N-dealkylation sites (tertiary alicyclic amines) is 1. The summed E-state index contributed by atoms with van der Waals surface area (Å²) in [5.41, 5.74) is 0. The first-order chi connectivity index (χ1) is 10.2. The van der Waals surface area contributed by atoms with Gasteiger partial charge < -0.3 is 19.5 Å². The number of amides is 1. The highest BCUT2D eigenvalue weighted by atomic mass is 16.6. The van der Waals surface area contributed by atoms with Gasteiger partial charge >= 0.3 is 6.09 Å². The fourth-order valence-electron chi connectivity index (χ4n) is 2.56. The van der Waals surface area contributed by atoms with Crippen molar-refractivity contribution in [1.29, 1.82) is 0 Å². The molecule has 1 aliphatic heterocycles. The molecule has 1 fully saturated rings. The van der Waals surface area contributed by atoms with Gasteiger partial charge in [0, 0.05) is 38.1 Å². The first-order valence-corrected chi connectivity index (χ1v) is 7.94. The number of hydrogen-bond acceptors (Lipinski definition) is 4. The van der Waals surface area contributed by atoms with Crippen LogP contribution in [0.5, 0.6) is 0 Å². The summed E-state index contributed by atoms with van der Waals surface area (Å²) in [4.78, 5) is 17.8. The smallest absolute Gasteiger partial charge is 0.409 e. The van der Waals surface area contributed by atoms with Crippen molar-refractivity contribution in [2.24, 2.45) is 0 Å². The minimum Gasteiger partial charge on any atom is -0.450 e. The molecule has 0 bridgehead atoms. The summed E-state index contributed by atoms with van der Waals surface area (Å²) >= 11 is 0. The Bertz CT molecular complexity index is 439. The van der Waals surface area contributed by atoms with E-state index in [9.17, 15) is 4.79 Å². The standard InChI is InChI=1S/C15H26N4O2/c1-3-5-9-18-12-8-16-14(18)17-13-6-10-19(11-7-13)15(20)21-4-2/h8,12-13H,3-7,9-11H2,1-2H3,(H,16,17). The predicted octanol–water partition coefficient (Wildman–Crippen LogP) is 2.72. The average Bonchev–Trinajstić information content (AvgIpc) is 2.93. The van der Waals surface area contributed by atoms with Gasteiger partial charge in [0.1, 0.15) is 0 Å². The number of aryl methyl sites for hydroxylation is 1. The Morgan fingerprint density at radius 1 is 1.43 bits per heavy atom. The Hall–Kier alpha value is -1.72. The van der Waals surface area contributed by atoms with E-state index in [0.717, 1.165) is 44.8 Å². The molecule has 6 heteroatoms. The maximum Gasteiger partial charge on any atom is 0.409 e. The van der Waals surface area contributed by atoms with Crippen molar-refractivity contribution in [3.63, 3.8) is 0 Å². The highest BCUT2D eigenvalue weighted by Crippen LogP contribution is 2.16. The fourth-order valence-corrected chi connectivity index (χ4v) is 2.56. The zero-order valence-corrected chi connectivity index (χ0v) is 13.0. The number of piperidine rings is 1. The lowest BCUT2D eigenvalue weighted by Gasteiger charge is -2.31. The number of nitrogens with one attached hydrogen (secondary N) is 1. The minimum atomic E-state index is -0.194. The number of unbranched alkanes of at least 4 members (excludes halogenated alkanes) is 1. The van der Waals surface area contributed by atoms with E-state index in [1.54, 1.807) is 4.90 Å². The van der Waals surface area contributed by atoms with E-state index in [1.807, 2.05) is 19.3 Å². The van der Waals surface area contributed by atoms with Gasteiger partial charge in [-0.05, 0) is 26.2 Å². The second kappa shape index (κ2) is 7.90. The average molecular weight is 294 g/mol. The van der Waals surface area contributed by atoms with Crippen molar-refractivity contribution in [3.8, 4) is 0 Å². The van der Waals surface area contributed by atoms with E-state index in [2.05, 4.69) is 21.8 Å². The zero-order chi connectivity index (χ0) is 15.1. The summed E-state index contributed by atoms with van der Waals surface area (Å²) in [6, 6.07) is 0.374. The Labute approximate surface area is 126 Å². The lowest BCUT2D eigenvalue weighted by molar-refractivity contribution is 0.0983. The summed E-state index contributed by atoms with van der Waals surface area (Å²) < 4.78 is 7.20. The second-order valence-electron chi connectivity index (χ2n) is 5.40. The maximum atomic E-state index is 11.7. The van der Waals surface area contributed by atoms with Crippen molar-refractivity contribution in [2.45, 2.75) is 52.1 Å². The largest absolute Gasteiger partial charge is 0.450 e. The van der Waals surface area contributed by atoms with Crippen LogP contribution in [0.4, 0.5) is 10.7 Å². The highest BCUT2D eigenvalue weighted by Gasteiger charge is 2.24. The molecule has 2 heterocycles. The van der Waals surface area contributed by atoms with Gasteiger partial charge in [0.2, 0.25) is 5.95 Å². The number of nitrogens with zero attached hydrogens (tertiary/aromatic N) is 3. The summed E-state index contributed by atoms with van der Waals surface area (Å²) in [5, 5.41) is 3.50. The van der Waals surface area contributed by atoms with Crippen molar-refractivity contribution in [2.75, 3.05) is 25.0 Å². The number of carbonyl (C=O) groups is 1. The summed E-state index contributed by atoms with van der Waals surface area (Å²) in [5.74, 6) is 0.943. The Balaban J connectivity index is 1.81. The lowest BCUT2D eigenvalue weighted by atomic mass is 10.1. The Morgan fingerprint density at radius 2 is 2.19 bits per heavy atom. The van der Waals surface area contributed by atoms with Gasteiger partial charge in [-0.25, -0.2) is 9.78 Å². The number of anilines is 1. The molecule has 0 spiro atoms. The van der Waals surface area contributed by atoms with Crippen LogP contribution >= 0.6 is 0 Å². The number of imidazole rings is 1. The predicted molar refractivity (Wildman–Crippen MR) is 82.4 cm³/mol. The Morgan fingerprint density at radius 3 is 2.86 bits per heavy atom. The van der Waals surface area contributed by atoms with Crippen LogP contribution in [0.25, 0.3) is 0 Å². The second-order valence-corrected chi connectivity index (χ2v) is 5.40. The molecule has 0 atom stereocenters. The van der Waals surface area contributed by atoms with E-state index >= 15 is 0 Å². The third-order valence-electron chi connectivity index (χ3n) is 3.82. The van der Waals surface area contributed by atoms with Gasteiger partial charge in [0.25, 0.3) is 0 Å². The third-order valence-corrected chi connectivity index (χ3v) is 3.82. The first-order valence-electron chi connectivity index (χ1n) is 7.94. The molecule has 118 valence electrons. The van der Waals surface area contributed by atoms with Crippen molar-refractivity contribution in [1.82, 2.24) is 14.5 Å². The van der Waals surface area contributed by atoms with Crippen LogP contribution < -0.4 is 5.32 Å². The van der Waals surface area contributed by atoms with E-state index in [1.165, 1.54) is 6.42 Å². The molecule has 1 saturated heterocycles. The van der Waals surface area contributed by atoms with Gasteiger partial charge in [0.15, 0.2) is 0 Å². The third kappa shape index (κ3) is 4.37. The van der Waals surface area contributed by atoms with Gasteiger partial charge in [-0.2, -0.15) is 0 Å². The van der Waals surface area contributed by atoms with Crippen LogP contribution in [0.2, 0.25) is 0 Å². The fraction of sp³-hybridized carbons (Fsp3) is 0.733. The highest BCUT2D eigenvalue weighted by molar-refractivity contribution is 5.67. The normalized spacial score (nSPS) is 16.0. The molecule has 2 rings (SSSR count). The molecule has 21 heavy (non-hydrogen) atoms. The van der Waals surface area contributed by atoms with Crippen LogP contribution in [0, 0.1) is 0 Å². The van der Waals surface area contributed by atoms with Gasteiger partial charge in [-0.15, -0.1) is 0 Å². The topological polar surface area (TPSA) is 59.4 Å². The van der Waals surface area contributed by atoms with E-state index in [0.29, 0.717) is 12.6 Å². The lowest BCUT2D eigenvalue weighted by Crippen LogP contribution is -2.42. The van der Waals surface area contributed by atoms with Crippen molar-refractivity contribution >= 4 is 12.0 Å². The monoisotopic (exact) mass is 294 g/mol. The molecule has 0 unspecified atom stereocenters. The van der Waals surface area contributed by atoms with Crippen LogP contribution in [0.3, 0.4) is 0 Å². The first kappa shape index (κ1) is 15.7. The number of carbonyl (C=O) groups excluding carboxylic acids is 1. The van der Waals surface area contributed by atoms with E-state index < -0.39 is 0 Å². The molecule has 0 aliphatic carbocycles. The van der Waals surface area contributed by atoms with Gasteiger partial charge in [-0.3, -0.25) is 0 Å². The molecular formula is C15H26N4O2. The molecule has 6 nitrogen and oxygen atoms in total.